The first kappa shape index (κ1) is 13.4. The maximum atomic E-state index is 13.2. The van der Waals surface area contributed by atoms with Crippen LogP contribution in [0.5, 0.6) is 0 Å². The number of furan rings is 1. The van der Waals surface area contributed by atoms with E-state index < -0.39 is 11.6 Å². The van der Waals surface area contributed by atoms with Crippen molar-refractivity contribution in [3.63, 3.8) is 0 Å². The van der Waals surface area contributed by atoms with Gasteiger partial charge in [0.25, 0.3) is 5.91 Å². The number of halogens is 2. The van der Waals surface area contributed by atoms with Gasteiger partial charge in [-0.2, -0.15) is 0 Å². The zero-order chi connectivity index (χ0) is 14.8. The zero-order valence-corrected chi connectivity index (χ0v) is 11.3. The van der Waals surface area contributed by atoms with Crippen molar-refractivity contribution in [1.82, 2.24) is 4.98 Å². The highest BCUT2D eigenvalue weighted by molar-refractivity contribution is 7.14. The van der Waals surface area contributed by atoms with Crippen molar-refractivity contribution in [2.75, 3.05) is 5.32 Å². The molecule has 0 aliphatic rings. The van der Waals surface area contributed by atoms with Gasteiger partial charge in [0.2, 0.25) is 0 Å². The molecular formula is C14H8F2N2O2S. The molecule has 0 saturated heterocycles. The number of amides is 1. The Morgan fingerprint density at radius 3 is 2.81 bits per heavy atom. The minimum atomic E-state index is -0.940. The van der Waals surface area contributed by atoms with E-state index in [0.29, 0.717) is 22.0 Å². The number of carbonyl (C=O) groups excluding carboxylic acids is 1. The van der Waals surface area contributed by atoms with Crippen LogP contribution in [0.3, 0.4) is 0 Å². The van der Waals surface area contributed by atoms with E-state index >= 15 is 0 Å². The molecule has 0 saturated carbocycles. The van der Waals surface area contributed by atoms with Crippen molar-refractivity contribution in [2.24, 2.45) is 0 Å². The normalized spacial score (nSPS) is 10.6. The first-order valence-electron chi connectivity index (χ1n) is 5.88. The van der Waals surface area contributed by atoms with Crippen LogP contribution in [0.2, 0.25) is 0 Å². The average molecular weight is 306 g/mol. The van der Waals surface area contributed by atoms with Gasteiger partial charge < -0.3 is 4.42 Å². The summed E-state index contributed by atoms with van der Waals surface area (Å²) in [6.07, 6.45) is 2.71. The Kier molecular flexibility index (Phi) is 3.49. The van der Waals surface area contributed by atoms with E-state index in [-0.39, 0.29) is 5.91 Å². The van der Waals surface area contributed by atoms with Crippen molar-refractivity contribution < 1.29 is 18.0 Å². The van der Waals surface area contributed by atoms with Crippen molar-refractivity contribution in [3.8, 4) is 11.3 Å². The number of anilines is 1. The molecule has 1 amide bonds. The highest BCUT2D eigenvalue weighted by Gasteiger charge is 2.12. The summed E-state index contributed by atoms with van der Waals surface area (Å²) in [7, 11) is 0. The minimum absolute atomic E-state index is 0.352. The van der Waals surface area contributed by atoms with Crippen molar-refractivity contribution in [1.29, 1.82) is 0 Å². The van der Waals surface area contributed by atoms with Crippen molar-refractivity contribution >= 4 is 22.4 Å². The van der Waals surface area contributed by atoms with Gasteiger partial charge in [0.05, 0.1) is 17.5 Å². The van der Waals surface area contributed by atoms with Crippen LogP contribution in [0.4, 0.5) is 13.9 Å². The van der Waals surface area contributed by atoms with Gasteiger partial charge in [-0.1, -0.05) is 0 Å². The largest absolute Gasteiger partial charge is 0.472 e. The molecule has 2 aromatic heterocycles. The molecule has 7 heteroatoms. The predicted molar refractivity (Wildman–Crippen MR) is 74.1 cm³/mol. The second-order valence-corrected chi connectivity index (χ2v) is 4.99. The lowest BCUT2D eigenvalue weighted by Gasteiger charge is -1.99. The smallest absolute Gasteiger partial charge is 0.260 e. The number of nitrogens with zero attached hydrogens (tertiary/aromatic N) is 1. The third-order valence-corrected chi connectivity index (χ3v) is 3.48. The van der Waals surface area contributed by atoms with Gasteiger partial charge in [-0.05, 0) is 24.3 Å². The Hall–Kier alpha value is -2.54. The lowest BCUT2D eigenvalue weighted by Crippen LogP contribution is -2.10. The van der Waals surface area contributed by atoms with Crippen LogP contribution in [-0.4, -0.2) is 10.9 Å². The second kappa shape index (κ2) is 5.45. The fourth-order valence-corrected chi connectivity index (χ4v) is 2.40. The standard InChI is InChI=1S/C14H8F2N2O2S/c15-10-2-1-8(5-11(10)16)12-7-21-14(17-12)18-13(19)9-3-4-20-6-9/h1-7H,(H,17,18,19). The molecule has 4 nitrogen and oxygen atoms in total. The molecule has 0 bridgehead atoms. The third-order valence-electron chi connectivity index (χ3n) is 2.72. The number of hydrogen-bond donors (Lipinski definition) is 1. The first-order valence-corrected chi connectivity index (χ1v) is 6.76. The molecule has 1 aromatic carbocycles. The zero-order valence-electron chi connectivity index (χ0n) is 10.5. The van der Waals surface area contributed by atoms with Crippen LogP contribution in [0, 0.1) is 11.6 Å². The highest BCUT2D eigenvalue weighted by Crippen LogP contribution is 2.26. The number of rotatable bonds is 3. The summed E-state index contributed by atoms with van der Waals surface area (Å²) in [5, 5.41) is 4.61. The molecule has 106 valence electrons. The van der Waals surface area contributed by atoms with E-state index in [1.807, 2.05) is 0 Å². The minimum Gasteiger partial charge on any atom is -0.472 e. The topological polar surface area (TPSA) is 55.1 Å². The summed E-state index contributed by atoms with van der Waals surface area (Å²) in [6, 6.07) is 5.05. The lowest BCUT2D eigenvalue weighted by atomic mass is 10.2. The van der Waals surface area contributed by atoms with E-state index in [2.05, 4.69) is 10.3 Å². The summed E-state index contributed by atoms with van der Waals surface area (Å²) < 4.78 is 30.9. The number of aromatic nitrogens is 1. The molecule has 0 aliphatic heterocycles. The van der Waals surface area contributed by atoms with E-state index in [9.17, 15) is 13.6 Å². The molecular weight excluding hydrogens is 298 g/mol. The predicted octanol–water partition coefficient (Wildman–Crippen LogP) is 3.93. The summed E-state index contributed by atoms with van der Waals surface area (Å²) in [4.78, 5) is 16.0. The van der Waals surface area contributed by atoms with Gasteiger partial charge in [0.15, 0.2) is 16.8 Å². The Labute approximate surface area is 122 Å². The Morgan fingerprint density at radius 2 is 2.10 bits per heavy atom. The quantitative estimate of drug-likeness (QED) is 0.797. The number of carbonyl (C=O) groups is 1. The summed E-state index contributed by atoms with van der Waals surface area (Å²) in [6.45, 7) is 0. The molecule has 0 spiro atoms. The van der Waals surface area contributed by atoms with Crippen molar-refractivity contribution in [3.05, 3.63) is 59.4 Å². The molecule has 0 aliphatic carbocycles. The number of benzene rings is 1. The van der Waals surface area contributed by atoms with Gasteiger partial charge in [0, 0.05) is 10.9 Å². The first-order chi connectivity index (χ1) is 10.1. The Bertz CT molecular complexity index is 784. The van der Waals surface area contributed by atoms with Gasteiger partial charge in [0.1, 0.15) is 6.26 Å². The summed E-state index contributed by atoms with van der Waals surface area (Å²) >= 11 is 1.19. The van der Waals surface area contributed by atoms with Crippen LogP contribution in [0.25, 0.3) is 11.3 Å². The molecule has 0 radical (unpaired) electrons. The SMILES string of the molecule is O=C(Nc1nc(-c2ccc(F)c(F)c2)cs1)c1ccoc1. The van der Waals surface area contributed by atoms with E-state index in [4.69, 9.17) is 4.42 Å². The summed E-state index contributed by atoms with van der Waals surface area (Å²) in [5.74, 6) is -2.21. The molecule has 1 N–H and O–H groups in total. The molecule has 2 heterocycles. The number of nitrogens with one attached hydrogen (secondary N) is 1. The van der Waals surface area contributed by atoms with Crippen LogP contribution in [0.1, 0.15) is 10.4 Å². The molecule has 3 aromatic rings. The van der Waals surface area contributed by atoms with Crippen molar-refractivity contribution in [2.45, 2.75) is 0 Å². The Morgan fingerprint density at radius 1 is 1.24 bits per heavy atom. The fourth-order valence-electron chi connectivity index (χ4n) is 1.68. The van der Waals surface area contributed by atoms with Gasteiger partial charge in [-0.25, -0.2) is 13.8 Å². The van der Waals surface area contributed by atoms with Gasteiger partial charge in [-0.15, -0.1) is 11.3 Å². The van der Waals surface area contributed by atoms with Gasteiger partial charge in [-0.3, -0.25) is 10.1 Å². The number of thiazole rings is 1. The summed E-state index contributed by atoms with van der Waals surface area (Å²) in [5.41, 5.74) is 1.27. The van der Waals surface area contributed by atoms with Crippen LogP contribution in [-0.2, 0) is 0 Å². The maximum absolute atomic E-state index is 13.2. The van der Waals surface area contributed by atoms with E-state index in [1.54, 1.807) is 5.38 Å². The molecule has 3 rings (SSSR count). The third kappa shape index (κ3) is 2.82. The van der Waals surface area contributed by atoms with E-state index in [1.165, 1.54) is 36.0 Å². The Balaban J connectivity index is 1.80. The monoisotopic (exact) mass is 306 g/mol. The highest BCUT2D eigenvalue weighted by atomic mass is 32.1. The average Bonchev–Trinajstić information content (AvgIpc) is 3.12. The number of hydrogen-bond acceptors (Lipinski definition) is 4. The molecule has 0 atom stereocenters. The molecule has 21 heavy (non-hydrogen) atoms. The second-order valence-electron chi connectivity index (χ2n) is 4.13. The van der Waals surface area contributed by atoms with Crippen LogP contribution >= 0.6 is 11.3 Å². The maximum Gasteiger partial charge on any atom is 0.260 e. The molecule has 0 unspecified atom stereocenters. The lowest BCUT2D eigenvalue weighted by molar-refractivity contribution is 0.102. The van der Waals surface area contributed by atoms with Crippen LogP contribution < -0.4 is 5.32 Å². The van der Waals surface area contributed by atoms with Crippen LogP contribution in [0.15, 0.2) is 46.6 Å². The van der Waals surface area contributed by atoms with Gasteiger partial charge >= 0.3 is 0 Å². The fraction of sp³-hybridized carbons (Fsp3) is 0. The molecule has 0 fully saturated rings. The van der Waals surface area contributed by atoms with E-state index in [0.717, 1.165) is 12.1 Å².